The van der Waals surface area contributed by atoms with Crippen molar-refractivity contribution in [2.45, 2.75) is 77.0 Å². The summed E-state index contributed by atoms with van der Waals surface area (Å²) in [5.41, 5.74) is 9.91. The van der Waals surface area contributed by atoms with Crippen molar-refractivity contribution in [1.82, 2.24) is 14.7 Å². The standard InChI is InChI=1S/C29H36N2O2.C24H32N2O4.C24H34N2O3/c1-32-28-13-8-24(22-29(28)33-2)17-21-31-19-15-23(16-20-31)14-18-30-27-11-9-26(10-12-27)25-6-4-3-5-7-25;1-27-21-5-3-19(15-23(21)28-2)10-14-26-12-8-18(9-13-26)7-11-25-20-4-6-22-24(16-20)30-17-29-22;1-27-22-7-5-21(6-8-22)25-14-10-19-11-15-26(16-12-19)17-13-20-4-9-23(28-2)24(18-20)29-3/h3-13,22-23,30H,14-21H2,1-2H3;3-6,15-16,18,25H,7-14,17H2,1-2H3;4-9,18-19,25H,10-17H2,1-3H3. The number of hydrogen-bond donors (Lipinski definition) is 3. The average Bonchev–Trinajstić information content (AvgIpc) is 3.69. The Morgan fingerprint density at radius 2 is 0.707 bits per heavy atom. The van der Waals surface area contributed by atoms with Crippen LogP contribution in [0.15, 0.2) is 152 Å². The van der Waals surface area contributed by atoms with E-state index < -0.39 is 0 Å². The molecule has 0 saturated carbocycles. The van der Waals surface area contributed by atoms with Gasteiger partial charge in [0.1, 0.15) is 5.75 Å². The van der Waals surface area contributed by atoms with Crippen LogP contribution in [0.2, 0.25) is 0 Å². The van der Waals surface area contributed by atoms with Crippen molar-refractivity contribution >= 4 is 17.1 Å². The Hall–Kier alpha value is -7.98. The van der Waals surface area contributed by atoms with Crippen LogP contribution in [0.1, 0.15) is 74.5 Å². The molecule has 0 spiro atoms. The Morgan fingerprint density at radius 1 is 0.348 bits per heavy atom. The molecule has 7 aromatic rings. The third kappa shape index (κ3) is 21.3. The fourth-order valence-corrected chi connectivity index (χ4v) is 12.9. The van der Waals surface area contributed by atoms with E-state index in [9.17, 15) is 0 Å². The van der Waals surface area contributed by atoms with E-state index in [0.29, 0.717) is 6.79 Å². The van der Waals surface area contributed by atoms with Gasteiger partial charge in [0.25, 0.3) is 0 Å². The van der Waals surface area contributed by atoms with Gasteiger partial charge in [-0.3, -0.25) is 0 Å². The summed E-state index contributed by atoms with van der Waals surface area (Å²) in [4.78, 5) is 7.77. The lowest BCUT2D eigenvalue weighted by Gasteiger charge is -2.32. The van der Waals surface area contributed by atoms with Gasteiger partial charge in [0.2, 0.25) is 6.79 Å². The van der Waals surface area contributed by atoms with E-state index in [1.807, 2.05) is 42.5 Å². The van der Waals surface area contributed by atoms with Gasteiger partial charge >= 0.3 is 0 Å². The topological polar surface area (TPSA) is 129 Å². The molecule has 3 fully saturated rings. The molecule has 0 bridgehead atoms. The second kappa shape index (κ2) is 36.9. The number of piperidine rings is 3. The smallest absolute Gasteiger partial charge is 0.231 e. The zero-order chi connectivity index (χ0) is 64.1. The lowest BCUT2D eigenvalue weighted by molar-refractivity contribution is 0.174. The van der Waals surface area contributed by atoms with Gasteiger partial charge < -0.3 is 73.3 Å². The van der Waals surface area contributed by atoms with Gasteiger partial charge in [-0.05, 0) is 247 Å². The van der Waals surface area contributed by atoms with Crippen molar-refractivity contribution < 1.29 is 42.6 Å². The first kappa shape index (κ1) is 68.4. The first-order chi connectivity index (χ1) is 45.2. The summed E-state index contributed by atoms with van der Waals surface area (Å²) < 4.78 is 48.3. The zero-order valence-corrected chi connectivity index (χ0v) is 55.9. The number of fused-ring (bicyclic) bond motifs is 1. The van der Waals surface area contributed by atoms with Gasteiger partial charge in [0, 0.05) is 62.4 Å². The molecule has 4 aliphatic rings. The summed E-state index contributed by atoms with van der Waals surface area (Å²) in [7, 11) is 11.8. The van der Waals surface area contributed by atoms with Gasteiger partial charge in [0.05, 0.1) is 49.8 Å². The lowest BCUT2D eigenvalue weighted by atomic mass is 9.93. The third-order valence-electron chi connectivity index (χ3n) is 18.7. The van der Waals surface area contributed by atoms with Crippen molar-refractivity contribution in [1.29, 1.82) is 0 Å². The molecule has 3 saturated heterocycles. The maximum absolute atomic E-state index is 5.45. The number of anilines is 3. The molecular weight excluding hydrogens is 1150 g/mol. The summed E-state index contributed by atoms with van der Waals surface area (Å²) >= 11 is 0. The SMILES string of the molecule is COc1ccc(CCN2CCC(CCNc3ccc(-c4ccccc4)cc3)CC2)cc1OC.COc1ccc(CCN2CCC(CCNc3ccc4c(c3)OCO4)CC2)cc1OC.COc1ccc(NCCC2CCN(CCc3ccc(OC)c(OC)c3)CC2)cc1. The van der Waals surface area contributed by atoms with E-state index >= 15 is 0 Å². The number of ether oxygens (including phenoxy) is 9. The van der Waals surface area contributed by atoms with Gasteiger partial charge in [-0.1, -0.05) is 60.7 Å². The molecule has 0 aliphatic carbocycles. The molecule has 92 heavy (non-hydrogen) atoms. The lowest BCUT2D eigenvalue weighted by Crippen LogP contribution is -2.35. The van der Waals surface area contributed by atoms with Crippen LogP contribution in [0, 0.1) is 17.8 Å². The maximum atomic E-state index is 5.45. The highest BCUT2D eigenvalue weighted by molar-refractivity contribution is 5.66. The Kier molecular flexibility index (Phi) is 27.4. The highest BCUT2D eigenvalue weighted by Crippen LogP contribution is 2.36. The van der Waals surface area contributed by atoms with Crippen molar-refractivity contribution in [3.63, 3.8) is 0 Å². The molecule has 0 unspecified atom stereocenters. The van der Waals surface area contributed by atoms with Crippen LogP contribution in [-0.2, 0) is 19.3 Å². The number of methoxy groups -OCH3 is 7. The molecule has 0 radical (unpaired) electrons. The Bertz CT molecular complexity index is 3240. The molecule has 11 rings (SSSR count). The van der Waals surface area contributed by atoms with E-state index in [0.717, 1.165) is 139 Å². The molecule has 0 amide bonds. The Morgan fingerprint density at radius 3 is 1.10 bits per heavy atom. The van der Waals surface area contributed by atoms with E-state index in [-0.39, 0.29) is 0 Å². The molecule has 3 N–H and O–H groups in total. The maximum Gasteiger partial charge on any atom is 0.231 e. The largest absolute Gasteiger partial charge is 0.497 e. The van der Waals surface area contributed by atoms with Gasteiger partial charge in [-0.2, -0.15) is 0 Å². The van der Waals surface area contributed by atoms with Crippen LogP contribution in [0.5, 0.6) is 51.7 Å². The van der Waals surface area contributed by atoms with Gasteiger partial charge in [0.15, 0.2) is 46.0 Å². The first-order valence-electron chi connectivity index (χ1n) is 33.4. The molecule has 15 nitrogen and oxygen atoms in total. The second-order valence-electron chi connectivity index (χ2n) is 24.6. The summed E-state index contributed by atoms with van der Waals surface area (Å²) in [6.45, 7) is 13.8. The van der Waals surface area contributed by atoms with Crippen LogP contribution >= 0.6 is 0 Å². The number of nitrogens with zero attached hydrogens (tertiary/aromatic N) is 3. The summed E-state index contributed by atoms with van der Waals surface area (Å²) in [5, 5.41) is 10.7. The normalized spacial score (nSPS) is 15.4. The minimum absolute atomic E-state index is 0.323. The summed E-state index contributed by atoms with van der Waals surface area (Å²) in [5.74, 6) is 9.81. The number of nitrogens with one attached hydrogen (secondary N) is 3. The average molecular weight is 1260 g/mol. The van der Waals surface area contributed by atoms with Gasteiger partial charge in [-0.15, -0.1) is 0 Å². The summed E-state index contributed by atoms with van der Waals surface area (Å²) in [6.07, 6.45) is 14.5. The van der Waals surface area contributed by atoms with Crippen LogP contribution in [-0.4, -0.2) is 150 Å². The van der Waals surface area contributed by atoms with Crippen molar-refractivity contribution in [2.75, 3.05) is 151 Å². The predicted octanol–water partition coefficient (Wildman–Crippen LogP) is 14.8. The quantitative estimate of drug-likeness (QED) is 0.0411. The monoisotopic (exact) mass is 1250 g/mol. The molecule has 494 valence electrons. The number of hydrogen-bond acceptors (Lipinski definition) is 15. The molecule has 0 atom stereocenters. The number of rotatable bonds is 29. The van der Waals surface area contributed by atoms with Crippen LogP contribution in [0.25, 0.3) is 11.1 Å². The molecule has 4 heterocycles. The fourth-order valence-electron chi connectivity index (χ4n) is 12.9. The Balaban J connectivity index is 0.000000163. The van der Waals surface area contributed by atoms with E-state index in [1.54, 1.807) is 49.8 Å². The number of benzene rings is 7. The van der Waals surface area contributed by atoms with Crippen molar-refractivity contribution in [3.8, 4) is 62.9 Å². The Labute approximate surface area is 548 Å². The molecule has 7 aromatic carbocycles. The van der Waals surface area contributed by atoms with E-state index in [2.05, 4.69) is 140 Å². The molecule has 4 aliphatic heterocycles. The summed E-state index contributed by atoms with van der Waals surface area (Å²) in [6, 6.07) is 52.2. The minimum Gasteiger partial charge on any atom is -0.497 e. The van der Waals surface area contributed by atoms with Crippen LogP contribution < -0.4 is 58.6 Å². The highest BCUT2D eigenvalue weighted by atomic mass is 16.7. The number of likely N-dealkylation sites (tertiary alicyclic amines) is 3. The first-order valence-corrected chi connectivity index (χ1v) is 33.4. The molecular formula is C77H102N6O9. The molecule has 15 heteroatoms. The van der Waals surface area contributed by atoms with Crippen LogP contribution in [0.4, 0.5) is 17.1 Å². The predicted molar refractivity (Wildman–Crippen MR) is 374 cm³/mol. The van der Waals surface area contributed by atoms with Crippen molar-refractivity contribution in [2.24, 2.45) is 17.8 Å². The second-order valence-corrected chi connectivity index (χ2v) is 24.6. The molecule has 0 aromatic heterocycles. The fraction of sp³-hybridized carbons (Fsp3) is 0.455. The highest BCUT2D eigenvalue weighted by Gasteiger charge is 2.23. The third-order valence-corrected chi connectivity index (χ3v) is 18.7. The van der Waals surface area contributed by atoms with Crippen molar-refractivity contribution in [3.05, 3.63) is 168 Å². The van der Waals surface area contributed by atoms with E-state index in [4.69, 9.17) is 42.6 Å². The van der Waals surface area contributed by atoms with E-state index in [1.165, 1.54) is 131 Å². The van der Waals surface area contributed by atoms with Crippen LogP contribution in [0.3, 0.4) is 0 Å². The zero-order valence-electron chi connectivity index (χ0n) is 55.9. The minimum atomic E-state index is 0.323. The van der Waals surface area contributed by atoms with Gasteiger partial charge in [-0.25, -0.2) is 0 Å².